The molecule has 2 aromatic heterocycles. The highest BCUT2D eigenvalue weighted by Gasteiger charge is 2.29. The number of rotatable bonds is 3. The van der Waals surface area contributed by atoms with Gasteiger partial charge in [-0.2, -0.15) is 11.8 Å². The Hall–Kier alpha value is -1.23. The lowest BCUT2D eigenvalue weighted by atomic mass is 10.2. The van der Waals surface area contributed by atoms with Gasteiger partial charge in [-0.25, -0.2) is 9.97 Å². The number of hydrogen-bond donors (Lipinski definition) is 1. The van der Waals surface area contributed by atoms with Crippen LogP contribution in [0.1, 0.15) is 43.5 Å². The van der Waals surface area contributed by atoms with Gasteiger partial charge in [-0.15, -0.1) is 0 Å². The van der Waals surface area contributed by atoms with Crippen molar-refractivity contribution in [1.82, 2.24) is 14.5 Å². The summed E-state index contributed by atoms with van der Waals surface area (Å²) in [6.07, 6.45) is 5.38. The minimum atomic E-state index is 0.560. The van der Waals surface area contributed by atoms with Gasteiger partial charge < -0.3 is 10.3 Å². The van der Waals surface area contributed by atoms with Crippen LogP contribution in [0.15, 0.2) is 6.33 Å². The van der Waals surface area contributed by atoms with Crippen LogP contribution < -0.4 is 5.73 Å². The van der Waals surface area contributed by atoms with E-state index in [1.165, 1.54) is 36.3 Å². The zero-order valence-corrected chi connectivity index (χ0v) is 13.2. The molecule has 1 fully saturated rings. The van der Waals surface area contributed by atoms with E-state index in [2.05, 4.69) is 47.1 Å². The molecule has 2 N–H and O–H groups in total. The molecule has 0 saturated heterocycles. The van der Waals surface area contributed by atoms with E-state index in [4.69, 9.17) is 5.73 Å². The lowest BCUT2D eigenvalue weighted by Gasteiger charge is -2.16. The number of aryl methyl sites for hydroxylation is 1. The van der Waals surface area contributed by atoms with E-state index < -0.39 is 0 Å². The smallest absolute Gasteiger partial charge is 0.146 e. The highest BCUT2D eigenvalue weighted by Crippen LogP contribution is 2.40. The molecule has 1 aliphatic carbocycles. The molecule has 0 aromatic carbocycles. The fraction of sp³-hybridized carbons (Fsp3) is 0.600. The third kappa shape index (κ3) is 2.08. The maximum atomic E-state index is 6.04. The monoisotopic (exact) mass is 290 g/mol. The molecule has 0 spiro atoms. The normalized spacial score (nSPS) is 22.8. The molecular weight excluding hydrogens is 268 g/mol. The summed E-state index contributed by atoms with van der Waals surface area (Å²) in [6.45, 7) is 6.55. The summed E-state index contributed by atoms with van der Waals surface area (Å²) in [4.78, 5) is 8.65. The first-order valence-corrected chi connectivity index (χ1v) is 8.37. The Kier molecular flexibility index (Phi) is 3.63. The Bertz CT molecular complexity index is 634. The highest BCUT2D eigenvalue weighted by molar-refractivity contribution is 7.99. The first-order valence-electron chi connectivity index (χ1n) is 7.32. The van der Waals surface area contributed by atoms with Crippen LogP contribution in [0.25, 0.3) is 11.0 Å². The van der Waals surface area contributed by atoms with E-state index in [1.807, 2.05) is 0 Å². The molecular formula is C15H22N4S. The van der Waals surface area contributed by atoms with E-state index in [9.17, 15) is 0 Å². The number of fused-ring (bicyclic) bond motifs is 1. The largest absolute Gasteiger partial charge is 0.383 e. The Labute approximate surface area is 124 Å². The number of thioether (sulfide) groups is 1. The van der Waals surface area contributed by atoms with Crippen molar-refractivity contribution in [3.63, 3.8) is 0 Å². The van der Waals surface area contributed by atoms with Gasteiger partial charge in [-0.05, 0) is 44.4 Å². The number of nitrogen functional groups attached to an aromatic ring is 1. The Morgan fingerprint density at radius 3 is 2.90 bits per heavy atom. The van der Waals surface area contributed by atoms with Gasteiger partial charge in [0, 0.05) is 17.0 Å². The number of anilines is 1. The quantitative estimate of drug-likeness (QED) is 0.940. The van der Waals surface area contributed by atoms with Gasteiger partial charge in [0.2, 0.25) is 0 Å². The van der Waals surface area contributed by atoms with Crippen molar-refractivity contribution in [2.45, 2.75) is 51.3 Å². The Morgan fingerprint density at radius 1 is 1.35 bits per heavy atom. The van der Waals surface area contributed by atoms with Crippen molar-refractivity contribution in [3.05, 3.63) is 17.6 Å². The molecule has 0 bridgehead atoms. The van der Waals surface area contributed by atoms with Gasteiger partial charge in [0.25, 0.3) is 0 Å². The predicted octanol–water partition coefficient (Wildman–Crippen LogP) is 3.48. The van der Waals surface area contributed by atoms with Gasteiger partial charge in [0.05, 0.1) is 5.39 Å². The molecule has 2 unspecified atom stereocenters. The molecule has 1 aliphatic rings. The average molecular weight is 290 g/mol. The maximum absolute atomic E-state index is 6.04. The second kappa shape index (κ2) is 5.28. The Morgan fingerprint density at radius 2 is 2.15 bits per heavy atom. The zero-order valence-electron chi connectivity index (χ0n) is 12.4. The van der Waals surface area contributed by atoms with Crippen molar-refractivity contribution < 1.29 is 0 Å². The van der Waals surface area contributed by atoms with Crippen LogP contribution in [0, 0.1) is 13.8 Å². The molecule has 4 nitrogen and oxygen atoms in total. The van der Waals surface area contributed by atoms with Gasteiger partial charge in [0.15, 0.2) is 0 Å². The summed E-state index contributed by atoms with van der Waals surface area (Å²) in [5.41, 5.74) is 9.58. The first-order chi connectivity index (χ1) is 9.63. The van der Waals surface area contributed by atoms with Crippen LogP contribution in [-0.2, 0) is 0 Å². The van der Waals surface area contributed by atoms with Crippen molar-refractivity contribution >= 4 is 28.6 Å². The summed E-state index contributed by atoms with van der Waals surface area (Å²) in [5.74, 6) is 1.81. The average Bonchev–Trinajstić information content (AvgIpc) is 2.96. The minimum Gasteiger partial charge on any atom is -0.383 e. The Balaban J connectivity index is 2.04. The van der Waals surface area contributed by atoms with Crippen LogP contribution in [0.4, 0.5) is 5.82 Å². The second-order valence-electron chi connectivity index (χ2n) is 5.58. The van der Waals surface area contributed by atoms with Crippen molar-refractivity contribution in [3.8, 4) is 0 Å². The van der Waals surface area contributed by atoms with Crippen LogP contribution in [0.3, 0.4) is 0 Å². The standard InChI is InChI=1S/C15H22N4S/c1-4-20-12-6-5-11(7-12)19-10(3)9(2)13-14(16)17-8-18-15(13)19/h8,11-12H,4-7H2,1-3H3,(H2,16,17,18). The van der Waals surface area contributed by atoms with E-state index in [0.29, 0.717) is 11.9 Å². The van der Waals surface area contributed by atoms with Gasteiger partial charge in [-0.3, -0.25) is 0 Å². The molecule has 2 heterocycles. The number of nitrogens with two attached hydrogens (primary N) is 1. The SMILES string of the molecule is CCSC1CCC(n2c(C)c(C)c3c(N)ncnc32)C1. The third-order valence-corrected chi connectivity index (χ3v) is 5.72. The van der Waals surface area contributed by atoms with Gasteiger partial charge in [-0.1, -0.05) is 6.92 Å². The zero-order chi connectivity index (χ0) is 14.3. The van der Waals surface area contributed by atoms with Crippen molar-refractivity contribution in [1.29, 1.82) is 0 Å². The topological polar surface area (TPSA) is 56.7 Å². The maximum Gasteiger partial charge on any atom is 0.146 e. The molecule has 2 atom stereocenters. The molecule has 1 saturated carbocycles. The van der Waals surface area contributed by atoms with E-state index in [1.54, 1.807) is 6.33 Å². The third-order valence-electron chi connectivity index (χ3n) is 4.49. The molecule has 0 amide bonds. The minimum absolute atomic E-state index is 0.560. The number of nitrogens with zero attached hydrogens (tertiary/aromatic N) is 3. The molecule has 20 heavy (non-hydrogen) atoms. The number of aromatic nitrogens is 3. The van der Waals surface area contributed by atoms with Crippen LogP contribution in [0.5, 0.6) is 0 Å². The summed E-state index contributed by atoms with van der Waals surface area (Å²) >= 11 is 2.09. The molecule has 3 rings (SSSR count). The highest BCUT2D eigenvalue weighted by atomic mass is 32.2. The summed E-state index contributed by atoms with van der Waals surface area (Å²) in [6, 6.07) is 0.560. The molecule has 0 aliphatic heterocycles. The van der Waals surface area contributed by atoms with Gasteiger partial charge >= 0.3 is 0 Å². The lowest BCUT2D eigenvalue weighted by Crippen LogP contribution is -2.09. The summed E-state index contributed by atoms with van der Waals surface area (Å²) in [5, 5.41) is 1.83. The van der Waals surface area contributed by atoms with Crippen molar-refractivity contribution in [2.24, 2.45) is 0 Å². The molecule has 108 valence electrons. The molecule has 5 heteroatoms. The fourth-order valence-corrected chi connectivity index (χ4v) is 4.57. The lowest BCUT2D eigenvalue weighted by molar-refractivity contribution is 0.522. The van der Waals surface area contributed by atoms with Crippen LogP contribution >= 0.6 is 11.8 Å². The summed E-state index contributed by atoms with van der Waals surface area (Å²) in [7, 11) is 0. The van der Waals surface area contributed by atoms with E-state index in [-0.39, 0.29) is 0 Å². The second-order valence-corrected chi connectivity index (χ2v) is 7.16. The fourth-order valence-electron chi connectivity index (χ4n) is 3.44. The van der Waals surface area contributed by atoms with Gasteiger partial charge in [0.1, 0.15) is 17.8 Å². The number of hydrogen-bond acceptors (Lipinski definition) is 4. The van der Waals surface area contributed by atoms with Crippen molar-refractivity contribution in [2.75, 3.05) is 11.5 Å². The molecule has 0 radical (unpaired) electrons. The first kappa shape index (κ1) is 13.7. The van der Waals surface area contributed by atoms with E-state index in [0.717, 1.165) is 16.3 Å². The van der Waals surface area contributed by atoms with Crippen LogP contribution in [-0.4, -0.2) is 25.5 Å². The van der Waals surface area contributed by atoms with E-state index >= 15 is 0 Å². The predicted molar refractivity (Wildman–Crippen MR) is 86.2 cm³/mol. The van der Waals surface area contributed by atoms with Crippen LogP contribution in [0.2, 0.25) is 0 Å². The molecule has 2 aromatic rings. The summed E-state index contributed by atoms with van der Waals surface area (Å²) < 4.78 is 2.40.